The molecule has 0 saturated carbocycles. The molecule has 0 bridgehead atoms. The molecule has 49 heavy (non-hydrogen) atoms. The van der Waals surface area contributed by atoms with Crippen LogP contribution in [0.25, 0.3) is 6.08 Å². The van der Waals surface area contributed by atoms with Crippen LogP contribution in [-0.2, 0) is 27.2 Å². The number of carbonyl (C=O) groups excluding carboxylic acids is 1. The fourth-order valence-corrected chi connectivity index (χ4v) is 7.07. The molecule has 7 atom stereocenters. The number of fused-ring (bicyclic) bond motifs is 3. The first-order valence-corrected chi connectivity index (χ1v) is 15.7. The molecule has 4 aliphatic rings. The van der Waals surface area contributed by atoms with Crippen LogP contribution in [0.1, 0.15) is 47.6 Å². The van der Waals surface area contributed by atoms with Crippen LogP contribution in [0.5, 0.6) is 17.2 Å². The molecule has 0 aromatic heterocycles. The van der Waals surface area contributed by atoms with Crippen LogP contribution in [0.4, 0.5) is 5.69 Å². The maximum absolute atomic E-state index is 14.2. The molecule has 0 radical (unpaired) electrons. The van der Waals surface area contributed by atoms with Crippen LogP contribution >= 0.6 is 0 Å². The van der Waals surface area contributed by atoms with Crippen LogP contribution in [0.2, 0.25) is 0 Å². The van der Waals surface area contributed by atoms with Crippen molar-refractivity contribution in [2.75, 3.05) is 24.8 Å². The third-order valence-electron chi connectivity index (χ3n) is 9.46. The third kappa shape index (κ3) is 5.84. The molecule has 16 heteroatoms. The zero-order valence-corrected chi connectivity index (χ0v) is 26.1. The summed E-state index contributed by atoms with van der Waals surface area (Å²) < 4.78 is 11.6. The summed E-state index contributed by atoms with van der Waals surface area (Å²) >= 11 is 0. The molecule has 0 unspecified atom stereocenters. The van der Waals surface area contributed by atoms with Crippen molar-refractivity contribution < 1.29 is 65.0 Å². The number of ether oxygens (including phenoxy) is 2. The Bertz CT molecular complexity index is 1740. The summed E-state index contributed by atoms with van der Waals surface area (Å²) in [6.45, 7) is -0.878. The van der Waals surface area contributed by atoms with Crippen molar-refractivity contribution in [2.45, 2.75) is 73.9 Å². The first-order valence-electron chi connectivity index (χ1n) is 15.7. The van der Waals surface area contributed by atoms with Crippen LogP contribution in [-0.4, -0.2) is 125 Å². The highest BCUT2D eigenvalue weighted by molar-refractivity contribution is 6.32. The molecule has 0 aliphatic carbocycles. The Kier molecular flexibility index (Phi) is 9.23. The highest BCUT2D eigenvalue weighted by atomic mass is 16.7. The number of phenols is 2. The lowest BCUT2D eigenvalue weighted by Crippen LogP contribution is -2.68. The molecule has 262 valence electrons. The standard InChI is InChI=1S/C33H37N3O13/c37-7-1-6-32(31(46)47)11-18-10-21(40)29-25(22(41)12-33(49-29)30(45)28(44)27(43)23(14-38)48-33)26(18)36(32)24(42)5-3-16-2-4-20(39)17(8-16)9-19-13-34-15-35-19/h2-5,8,10,13,22-23,27-28,30,37-41,43-45H,1,6-7,9,11-12,14-15H2,(H,46,47)/t22-,23-,27-,28+,30-,32-,33+/m1/s1. The largest absolute Gasteiger partial charge is 0.508 e. The number of aliphatic hydroxyl groups excluding tert-OH is 6. The lowest BCUT2D eigenvalue weighted by atomic mass is 9.84. The number of carbonyl (C=O) groups is 2. The smallest absolute Gasteiger partial charge is 0.330 e. The number of aliphatic hydroxyl groups is 6. The van der Waals surface area contributed by atoms with Crippen molar-refractivity contribution in [3.63, 3.8) is 0 Å². The second-order valence-electron chi connectivity index (χ2n) is 12.6. The van der Waals surface area contributed by atoms with Gasteiger partial charge in [-0.05, 0) is 48.2 Å². The molecule has 1 spiro atoms. The second kappa shape index (κ2) is 13.1. The third-order valence-corrected chi connectivity index (χ3v) is 9.46. The van der Waals surface area contributed by atoms with E-state index in [1.165, 1.54) is 18.2 Å². The zero-order chi connectivity index (χ0) is 35.2. The molecule has 4 heterocycles. The quantitative estimate of drug-likeness (QED) is 0.148. The van der Waals surface area contributed by atoms with Crippen LogP contribution in [0.3, 0.4) is 0 Å². The normalized spacial score (nSPS) is 30.4. The van der Waals surface area contributed by atoms with E-state index in [0.29, 0.717) is 23.5 Å². The van der Waals surface area contributed by atoms with Crippen LogP contribution < -0.4 is 9.64 Å². The first kappa shape index (κ1) is 34.4. The first-order chi connectivity index (χ1) is 23.4. The van der Waals surface area contributed by atoms with Crippen molar-refractivity contribution in [3.8, 4) is 17.2 Å². The van der Waals surface area contributed by atoms with E-state index >= 15 is 0 Å². The van der Waals surface area contributed by atoms with E-state index in [4.69, 9.17) is 9.47 Å². The van der Waals surface area contributed by atoms with E-state index in [-0.39, 0.29) is 54.9 Å². The Labute approximate surface area is 279 Å². The number of aliphatic imine (C=N–C) groups is 2. The summed E-state index contributed by atoms with van der Waals surface area (Å²) in [5.41, 5.74) is -0.369. The van der Waals surface area contributed by atoms with E-state index < -0.39 is 78.2 Å². The maximum atomic E-state index is 14.2. The predicted octanol–water partition coefficient (Wildman–Crippen LogP) is -0.692. The van der Waals surface area contributed by atoms with E-state index in [9.17, 15) is 55.5 Å². The average Bonchev–Trinajstić information content (AvgIpc) is 3.71. The van der Waals surface area contributed by atoms with Gasteiger partial charge in [-0.1, -0.05) is 6.07 Å². The summed E-state index contributed by atoms with van der Waals surface area (Å²) in [5, 5.41) is 94.8. The molecule has 16 nitrogen and oxygen atoms in total. The topological polar surface area (TPSA) is 263 Å². The van der Waals surface area contributed by atoms with Crippen molar-refractivity contribution in [1.29, 1.82) is 0 Å². The number of hydrogen-bond acceptors (Lipinski definition) is 14. The number of nitrogens with zero attached hydrogens (tertiary/aromatic N) is 3. The number of anilines is 1. The number of carboxylic acids is 1. The lowest BCUT2D eigenvalue weighted by molar-refractivity contribution is -0.349. The van der Waals surface area contributed by atoms with Gasteiger partial charge in [0, 0.05) is 43.7 Å². The summed E-state index contributed by atoms with van der Waals surface area (Å²) in [5.74, 6) is -5.55. The summed E-state index contributed by atoms with van der Waals surface area (Å²) in [6.07, 6.45) is -5.38. The minimum Gasteiger partial charge on any atom is -0.508 e. The van der Waals surface area contributed by atoms with Gasteiger partial charge in [-0.2, -0.15) is 0 Å². The van der Waals surface area contributed by atoms with Gasteiger partial charge in [0.15, 0.2) is 11.5 Å². The number of benzene rings is 2. The Hall–Kier alpha value is -4.42. The fourth-order valence-electron chi connectivity index (χ4n) is 7.07. The highest BCUT2D eigenvalue weighted by Gasteiger charge is 2.61. The van der Waals surface area contributed by atoms with Crippen molar-refractivity contribution in [2.24, 2.45) is 9.98 Å². The molecular formula is C33H37N3O13. The number of carboxylic acid groups (broad SMARTS) is 1. The number of aromatic hydroxyl groups is 2. The molecule has 6 rings (SSSR count). The molecule has 2 aromatic rings. The average molecular weight is 684 g/mol. The predicted molar refractivity (Wildman–Crippen MR) is 171 cm³/mol. The van der Waals surface area contributed by atoms with Gasteiger partial charge in [0.1, 0.15) is 42.4 Å². The minimum atomic E-state index is -2.26. The Balaban J connectivity index is 1.42. The van der Waals surface area contributed by atoms with Crippen molar-refractivity contribution in [3.05, 3.63) is 52.6 Å². The van der Waals surface area contributed by atoms with E-state index in [0.717, 1.165) is 11.0 Å². The van der Waals surface area contributed by atoms with Gasteiger partial charge < -0.3 is 55.4 Å². The number of amides is 1. The molecule has 1 fully saturated rings. The van der Waals surface area contributed by atoms with Gasteiger partial charge in [-0.15, -0.1) is 0 Å². The summed E-state index contributed by atoms with van der Waals surface area (Å²) in [7, 11) is 0. The highest BCUT2D eigenvalue weighted by Crippen LogP contribution is 2.57. The van der Waals surface area contributed by atoms with Gasteiger partial charge in [0.2, 0.25) is 5.79 Å². The van der Waals surface area contributed by atoms with Gasteiger partial charge in [0.25, 0.3) is 5.91 Å². The molecular weight excluding hydrogens is 646 g/mol. The summed E-state index contributed by atoms with van der Waals surface area (Å²) in [4.78, 5) is 36.5. The molecule has 2 aromatic carbocycles. The van der Waals surface area contributed by atoms with Gasteiger partial charge in [-0.3, -0.25) is 19.7 Å². The van der Waals surface area contributed by atoms with Gasteiger partial charge in [0.05, 0.1) is 29.7 Å². The van der Waals surface area contributed by atoms with Gasteiger partial charge >= 0.3 is 5.97 Å². The van der Waals surface area contributed by atoms with Crippen LogP contribution in [0.15, 0.2) is 40.3 Å². The number of hydrogen-bond donors (Lipinski definition) is 9. The lowest BCUT2D eigenvalue weighted by Gasteiger charge is -2.51. The molecule has 1 amide bonds. The number of aliphatic carboxylic acids is 1. The monoisotopic (exact) mass is 683 g/mol. The summed E-state index contributed by atoms with van der Waals surface area (Å²) in [6, 6.07) is 5.80. The Morgan fingerprint density at radius 3 is 2.51 bits per heavy atom. The van der Waals surface area contributed by atoms with E-state index in [1.54, 1.807) is 18.3 Å². The minimum absolute atomic E-state index is 0.00596. The van der Waals surface area contributed by atoms with Gasteiger partial charge in [-0.25, -0.2) is 4.79 Å². The Morgan fingerprint density at radius 1 is 1.06 bits per heavy atom. The molecule has 4 aliphatic heterocycles. The number of rotatable bonds is 9. The fraction of sp³-hybridized carbons (Fsp3) is 0.455. The Morgan fingerprint density at radius 2 is 1.84 bits per heavy atom. The number of phenolic OH excluding ortho intramolecular Hbond substituents is 2. The second-order valence-corrected chi connectivity index (χ2v) is 12.6. The van der Waals surface area contributed by atoms with E-state index in [2.05, 4.69) is 9.98 Å². The van der Waals surface area contributed by atoms with Crippen molar-refractivity contribution >= 4 is 35.6 Å². The maximum Gasteiger partial charge on any atom is 0.330 e. The van der Waals surface area contributed by atoms with E-state index in [1.807, 2.05) is 0 Å². The SMILES string of the molecule is O=C(C=Cc1ccc(O)c(CC2=NCN=C2)c1)N1c2c(cc(O)c3c2[C@H](O)C[C@@]2(O3)O[C@H](CO)[C@@H](O)[C@H](O)[C@H]2O)C[C@]1(CCCO)C(=O)O. The van der Waals surface area contributed by atoms with Crippen molar-refractivity contribution in [1.82, 2.24) is 0 Å². The van der Waals surface area contributed by atoms with Crippen LogP contribution in [0, 0.1) is 0 Å². The molecule has 1 saturated heterocycles. The zero-order valence-electron chi connectivity index (χ0n) is 26.1. The molecule has 9 N–H and O–H groups in total.